The minimum Gasteiger partial charge on any atom is -0.493 e. The molecule has 0 fully saturated rings. The van der Waals surface area contributed by atoms with Gasteiger partial charge in [0.2, 0.25) is 0 Å². The SMILES string of the molecule is COc1cc(Br)c(CCC(C)N)cc1OC. The smallest absolute Gasteiger partial charge is 0.161 e. The Morgan fingerprint density at radius 1 is 1.25 bits per heavy atom. The van der Waals surface area contributed by atoms with Crippen molar-refractivity contribution in [1.29, 1.82) is 0 Å². The van der Waals surface area contributed by atoms with Gasteiger partial charge in [-0.1, -0.05) is 15.9 Å². The summed E-state index contributed by atoms with van der Waals surface area (Å²) in [5, 5.41) is 0. The van der Waals surface area contributed by atoms with Crippen molar-refractivity contribution in [2.75, 3.05) is 14.2 Å². The highest BCUT2D eigenvalue weighted by Crippen LogP contribution is 2.33. The second-order valence-corrected chi connectivity index (χ2v) is 4.67. The first kappa shape index (κ1) is 13.3. The van der Waals surface area contributed by atoms with E-state index in [1.54, 1.807) is 14.2 Å². The molecule has 0 radical (unpaired) electrons. The second kappa shape index (κ2) is 6.11. The van der Waals surface area contributed by atoms with Crippen molar-refractivity contribution in [2.24, 2.45) is 5.73 Å². The molecule has 0 aliphatic heterocycles. The number of aryl methyl sites for hydroxylation is 1. The van der Waals surface area contributed by atoms with Crippen LogP contribution in [-0.4, -0.2) is 20.3 Å². The van der Waals surface area contributed by atoms with Crippen LogP contribution in [0.2, 0.25) is 0 Å². The van der Waals surface area contributed by atoms with Crippen molar-refractivity contribution in [3.8, 4) is 11.5 Å². The topological polar surface area (TPSA) is 44.5 Å². The lowest BCUT2D eigenvalue weighted by Gasteiger charge is -2.12. The van der Waals surface area contributed by atoms with Gasteiger partial charge < -0.3 is 15.2 Å². The lowest BCUT2D eigenvalue weighted by atomic mass is 10.1. The first-order chi connectivity index (χ1) is 7.58. The molecule has 2 N–H and O–H groups in total. The van der Waals surface area contributed by atoms with Gasteiger partial charge in [-0.25, -0.2) is 0 Å². The summed E-state index contributed by atoms with van der Waals surface area (Å²) < 4.78 is 11.5. The molecule has 0 amide bonds. The molecule has 0 aliphatic rings. The molecule has 90 valence electrons. The molecule has 1 rings (SSSR count). The zero-order chi connectivity index (χ0) is 12.1. The fourth-order valence-electron chi connectivity index (χ4n) is 1.47. The van der Waals surface area contributed by atoms with E-state index < -0.39 is 0 Å². The Bertz CT molecular complexity index is 353. The summed E-state index contributed by atoms with van der Waals surface area (Å²) in [6, 6.07) is 4.13. The normalized spacial score (nSPS) is 12.3. The standard InChI is InChI=1S/C12H18BrNO2/c1-8(14)4-5-9-6-11(15-2)12(16-3)7-10(9)13/h6-8H,4-5,14H2,1-3H3. The van der Waals surface area contributed by atoms with E-state index in [0.717, 1.165) is 28.8 Å². The predicted octanol–water partition coefficient (Wildman–Crippen LogP) is 2.75. The van der Waals surface area contributed by atoms with Crippen molar-refractivity contribution in [3.63, 3.8) is 0 Å². The van der Waals surface area contributed by atoms with Crippen LogP contribution in [0.4, 0.5) is 0 Å². The van der Waals surface area contributed by atoms with Crippen LogP contribution >= 0.6 is 15.9 Å². The van der Waals surface area contributed by atoms with Crippen molar-refractivity contribution in [1.82, 2.24) is 0 Å². The lowest BCUT2D eigenvalue weighted by Crippen LogP contribution is -2.15. The van der Waals surface area contributed by atoms with Gasteiger partial charge in [-0.3, -0.25) is 0 Å². The minimum absolute atomic E-state index is 0.208. The Kier molecular flexibility index (Phi) is 5.09. The van der Waals surface area contributed by atoms with Crippen LogP contribution in [0.3, 0.4) is 0 Å². The highest BCUT2D eigenvalue weighted by molar-refractivity contribution is 9.10. The van der Waals surface area contributed by atoms with Gasteiger partial charge in [-0.05, 0) is 37.5 Å². The van der Waals surface area contributed by atoms with E-state index in [0.29, 0.717) is 0 Å². The first-order valence-electron chi connectivity index (χ1n) is 5.24. The molecule has 1 aromatic rings. The van der Waals surface area contributed by atoms with Crippen LogP contribution in [0, 0.1) is 0 Å². The third-order valence-electron chi connectivity index (χ3n) is 2.42. The quantitative estimate of drug-likeness (QED) is 0.906. The number of methoxy groups -OCH3 is 2. The molecule has 0 spiro atoms. The van der Waals surface area contributed by atoms with E-state index in [2.05, 4.69) is 15.9 Å². The Hall–Kier alpha value is -0.740. The molecular weight excluding hydrogens is 270 g/mol. The van der Waals surface area contributed by atoms with Crippen LogP contribution in [-0.2, 0) is 6.42 Å². The summed E-state index contributed by atoms with van der Waals surface area (Å²) in [5.41, 5.74) is 6.94. The maximum absolute atomic E-state index is 5.75. The number of hydrogen-bond donors (Lipinski definition) is 1. The number of rotatable bonds is 5. The average molecular weight is 288 g/mol. The third-order valence-corrected chi connectivity index (χ3v) is 3.16. The molecule has 0 saturated heterocycles. The molecule has 3 nitrogen and oxygen atoms in total. The Labute approximate surface area is 105 Å². The van der Waals surface area contributed by atoms with Crippen LogP contribution < -0.4 is 15.2 Å². The largest absolute Gasteiger partial charge is 0.493 e. The third kappa shape index (κ3) is 3.39. The molecule has 0 aromatic heterocycles. The fourth-order valence-corrected chi connectivity index (χ4v) is 1.99. The summed E-state index contributed by atoms with van der Waals surface area (Å²) in [5.74, 6) is 1.49. The van der Waals surface area contributed by atoms with Crippen molar-refractivity contribution >= 4 is 15.9 Å². The van der Waals surface area contributed by atoms with Crippen molar-refractivity contribution in [3.05, 3.63) is 22.2 Å². The molecule has 4 heteroatoms. The molecule has 1 atom stereocenters. The number of halogens is 1. The van der Waals surface area contributed by atoms with E-state index in [1.807, 2.05) is 19.1 Å². The van der Waals surface area contributed by atoms with Gasteiger partial charge in [0.25, 0.3) is 0 Å². The second-order valence-electron chi connectivity index (χ2n) is 3.81. The monoisotopic (exact) mass is 287 g/mol. The highest BCUT2D eigenvalue weighted by atomic mass is 79.9. The molecule has 16 heavy (non-hydrogen) atoms. The van der Waals surface area contributed by atoms with Gasteiger partial charge >= 0.3 is 0 Å². The van der Waals surface area contributed by atoms with Gasteiger partial charge in [0.05, 0.1) is 14.2 Å². The van der Waals surface area contributed by atoms with E-state index in [-0.39, 0.29) is 6.04 Å². The number of hydrogen-bond acceptors (Lipinski definition) is 3. The number of ether oxygens (including phenoxy) is 2. The summed E-state index contributed by atoms with van der Waals surface area (Å²) in [4.78, 5) is 0. The Balaban J connectivity index is 2.92. The first-order valence-corrected chi connectivity index (χ1v) is 6.03. The van der Waals surface area contributed by atoms with E-state index in [1.165, 1.54) is 5.56 Å². The average Bonchev–Trinajstić information content (AvgIpc) is 2.26. The lowest BCUT2D eigenvalue weighted by molar-refractivity contribution is 0.354. The Morgan fingerprint density at radius 3 is 2.31 bits per heavy atom. The Morgan fingerprint density at radius 2 is 1.81 bits per heavy atom. The molecular formula is C12H18BrNO2. The highest BCUT2D eigenvalue weighted by Gasteiger charge is 2.09. The van der Waals surface area contributed by atoms with Crippen LogP contribution in [0.1, 0.15) is 18.9 Å². The zero-order valence-electron chi connectivity index (χ0n) is 9.92. The van der Waals surface area contributed by atoms with Crippen molar-refractivity contribution < 1.29 is 9.47 Å². The molecule has 0 bridgehead atoms. The minimum atomic E-state index is 0.208. The van der Waals surface area contributed by atoms with Crippen LogP contribution in [0.5, 0.6) is 11.5 Å². The summed E-state index contributed by atoms with van der Waals surface area (Å²) >= 11 is 3.53. The van der Waals surface area contributed by atoms with Crippen LogP contribution in [0.25, 0.3) is 0 Å². The molecule has 0 heterocycles. The fraction of sp³-hybridized carbons (Fsp3) is 0.500. The van der Waals surface area contributed by atoms with E-state index in [4.69, 9.17) is 15.2 Å². The summed E-state index contributed by atoms with van der Waals surface area (Å²) in [6.45, 7) is 2.01. The maximum Gasteiger partial charge on any atom is 0.161 e. The van der Waals surface area contributed by atoms with Gasteiger partial charge in [-0.2, -0.15) is 0 Å². The molecule has 0 saturated carbocycles. The molecule has 1 unspecified atom stereocenters. The van der Waals surface area contributed by atoms with E-state index >= 15 is 0 Å². The number of benzene rings is 1. The summed E-state index contributed by atoms with van der Waals surface area (Å²) in [6.07, 6.45) is 1.88. The van der Waals surface area contributed by atoms with Gasteiger partial charge in [-0.15, -0.1) is 0 Å². The summed E-state index contributed by atoms with van der Waals surface area (Å²) in [7, 11) is 3.27. The van der Waals surface area contributed by atoms with E-state index in [9.17, 15) is 0 Å². The van der Waals surface area contributed by atoms with Gasteiger partial charge in [0.1, 0.15) is 0 Å². The molecule has 1 aromatic carbocycles. The van der Waals surface area contributed by atoms with Crippen LogP contribution in [0.15, 0.2) is 16.6 Å². The zero-order valence-corrected chi connectivity index (χ0v) is 11.5. The van der Waals surface area contributed by atoms with Gasteiger partial charge in [0, 0.05) is 10.5 Å². The maximum atomic E-state index is 5.75. The predicted molar refractivity (Wildman–Crippen MR) is 69.2 cm³/mol. The molecule has 0 aliphatic carbocycles. The number of nitrogens with two attached hydrogens (primary N) is 1. The van der Waals surface area contributed by atoms with Crippen molar-refractivity contribution in [2.45, 2.75) is 25.8 Å². The van der Waals surface area contributed by atoms with Gasteiger partial charge in [0.15, 0.2) is 11.5 Å².